The van der Waals surface area contributed by atoms with Crippen molar-refractivity contribution in [3.63, 3.8) is 0 Å². The van der Waals surface area contributed by atoms with Crippen molar-refractivity contribution in [3.05, 3.63) is 23.8 Å². The van der Waals surface area contributed by atoms with Crippen molar-refractivity contribution in [1.82, 2.24) is 0 Å². The Morgan fingerprint density at radius 3 is 2.62 bits per heavy atom. The first-order valence-electron chi connectivity index (χ1n) is 7.91. The van der Waals surface area contributed by atoms with Crippen LogP contribution in [0, 0.1) is 5.92 Å². The summed E-state index contributed by atoms with van der Waals surface area (Å²) in [5.74, 6) is 2.27. The Morgan fingerprint density at radius 1 is 1.14 bits per heavy atom. The van der Waals surface area contributed by atoms with Gasteiger partial charge in [-0.15, -0.1) is 0 Å². The Balaban J connectivity index is 1.54. The zero-order chi connectivity index (χ0) is 14.7. The van der Waals surface area contributed by atoms with Crippen molar-refractivity contribution < 1.29 is 19.3 Å². The molecule has 0 spiro atoms. The first-order chi connectivity index (χ1) is 10.2. The normalized spacial score (nSPS) is 26.4. The third-order valence-corrected chi connectivity index (χ3v) is 4.40. The van der Waals surface area contributed by atoms with E-state index in [0.29, 0.717) is 31.7 Å². The Morgan fingerprint density at radius 2 is 1.86 bits per heavy atom. The van der Waals surface area contributed by atoms with E-state index < -0.39 is 6.10 Å². The monoisotopic (exact) mass is 292 g/mol. The summed E-state index contributed by atoms with van der Waals surface area (Å²) in [6.45, 7) is 3.78. The third kappa shape index (κ3) is 3.69. The molecule has 0 saturated heterocycles. The fraction of sp³-hybridized carbons (Fsp3) is 0.647. The second-order valence-electron chi connectivity index (χ2n) is 6.13. The fourth-order valence-corrected chi connectivity index (χ4v) is 2.99. The quantitative estimate of drug-likeness (QED) is 0.926. The SMILES string of the molecule is CC1CCC(OCC(O)c2ccc3c(c2)OCCO3)CC1. The molecule has 3 rings (SSSR count). The molecule has 1 aliphatic carbocycles. The predicted molar refractivity (Wildman–Crippen MR) is 79.8 cm³/mol. The molecule has 2 aliphatic rings. The van der Waals surface area contributed by atoms with E-state index in [1.165, 1.54) is 12.8 Å². The van der Waals surface area contributed by atoms with Crippen molar-refractivity contribution in [3.8, 4) is 11.5 Å². The number of ether oxygens (including phenoxy) is 3. The Labute approximate surface area is 126 Å². The molecule has 0 amide bonds. The van der Waals surface area contributed by atoms with Gasteiger partial charge in [0.2, 0.25) is 0 Å². The largest absolute Gasteiger partial charge is 0.486 e. The molecule has 1 atom stereocenters. The van der Waals surface area contributed by atoms with Gasteiger partial charge in [0.05, 0.1) is 12.7 Å². The number of fused-ring (bicyclic) bond motifs is 1. The summed E-state index contributed by atoms with van der Waals surface area (Å²) in [4.78, 5) is 0. The molecular formula is C17H24O4. The first kappa shape index (κ1) is 14.7. The van der Waals surface area contributed by atoms with Gasteiger partial charge in [-0.25, -0.2) is 0 Å². The van der Waals surface area contributed by atoms with Crippen LogP contribution in [0.5, 0.6) is 11.5 Å². The van der Waals surface area contributed by atoms with Gasteiger partial charge < -0.3 is 19.3 Å². The highest BCUT2D eigenvalue weighted by Gasteiger charge is 2.21. The number of rotatable bonds is 4. The molecule has 4 nitrogen and oxygen atoms in total. The van der Waals surface area contributed by atoms with Crippen molar-refractivity contribution in [1.29, 1.82) is 0 Å². The van der Waals surface area contributed by atoms with Crippen LogP contribution >= 0.6 is 0 Å². The summed E-state index contributed by atoms with van der Waals surface area (Å²) in [5, 5.41) is 10.3. The van der Waals surface area contributed by atoms with Crippen molar-refractivity contribution in [2.45, 2.75) is 44.8 Å². The van der Waals surface area contributed by atoms with E-state index >= 15 is 0 Å². The van der Waals surface area contributed by atoms with Gasteiger partial charge in [-0.3, -0.25) is 0 Å². The number of benzene rings is 1. The summed E-state index contributed by atoms with van der Waals surface area (Å²) in [6, 6.07) is 5.59. The number of aliphatic hydroxyl groups excluding tert-OH is 1. The average Bonchev–Trinajstić information content (AvgIpc) is 2.53. The molecule has 1 saturated carbocycles. The molecule has 1 aromatic rings. The molecule has 21 heavy (non-hydrogen) atoms. The standard InChI is InChI=1S/C17H24O4/c1-12-2-5-14(6-3-12)21-11-15(18)13-4-7-16-17(10-13)20-9-8-19-16/h4,7,10,12,14-15,18H,2-3,5-6,8-9,11H2,1H3. The predicted octanol–water partition coefficient (Wildman–Crippen LogP) is 3.09. The molecule has 4 heteroatoms. The molecule has 1 heterocycles. The van der Waals surface area contributed by atoms with Crippen LogP contribution in [0.1, 0.15) is 44.3 Å². The van der Waals surface area contributed by atoms with Crippen molar-refractivity contribution in [2.24, 2.45) is 5.92 Å². The smallest absolute Gasteiger partial charge is 0.161 e. The molecule has 0 bridgehead atoms. The number of aliphatic hydroxyl groups is 1. The van der Waals surface area contributed by atoms with Crippen LogP contribution in [0.25, 0.3) is 0 Å². The van der Waals surface area contributed by atoms with E-state index in [1.54, 1.807) is 0 Å². The molecule has 1 aliphatic heterocycles. The van der Waals surface area contributed by atoms with Gasteiger partial charge in [0, 0.05) is 0 Å². The molecular weight excluding hydrogens is 268 g/mol. The van der Waals surface area contributed by atoms with Crippen LogP contribution in [0.15, 0.2) is 18.2 Å². The number of hydrogen-bond acceptors (Lipinski definition) is 4. The van der Waals surface area contributed by atoms with Crippen LogP contribution in [-0.4, -0.2) is 31.0 Å². The molecule has 0 radical (unpaired) electrons. The Bertz CT molecular complexity index is 466. The minimum absolute atomic E-state index is 0.299. The second kappa shape index (κ2) is 6.67. The molecule has 1 N–H and O–H groups in total. The molecule has 1 aromatic carbocycles. The Hall–Kier alpha value is -1.26. The summed E-state index contributed by atoms with van der Waals surface area (Å²) in [7, 11) is 0. The summed E-state index contributed by atoms with van der Waals surface area (Å²) < 4.78 is 16.9. The lowest BCUT2D eigenvalue weighted by Crippen LogP contribution is -2.23. The van der Waals surface area contributed by atoms with E-state index in [2.05, 4.69) is 6.92 Å². The van der Waals surface area contributed by atoms with Crippen LogP contribution in [-0.2, 0) is 4.74 Å². The highest BCUT2D eigenvalue weighted by Crippen LogP contribution is 2.33. The fourth-order valence-electron chi connectivity index (χ4n) is 2.99. The lowest BCUT2D eigenvalue weighted by Gasteiger charge is -2.27. The lowest BCUT2D eigenvalue weighted by atomic mass is 9.89. The first-order valence-corrected chi connectivity index (χ1v) is 7.91. The lowest BCUT2D eigenvalue weighted by molar-refractivity contribution is -0.0295. The molecule has 1 fully saturated rings. The van der Waals surface area contributed by atoms with Crippen molar-refractivity contribution in [2.75, 3.05) is 19.8 Å². The minimum Gasteiger partial charge on any atom is -0.486 e. The number of hydrogen-bond donors (Lipinski definition) is 1. The summed E-state index contributed by atoms with van der Waals surface area (Å²) in [6.07, 6.45) is 4.35. The van der Waals surface area contributed by atoms with E-state index in [4.69, 9.17) is 14.2 Å². The second-order valence-corrected chi connectivity index (χ2v) is 6.13. The highest BCUT2D eigenvalue weighted by molar-refractivity contribution is 5.44. The van der Waals surface area contributed by atoms with Gasteiger partial charge in [-0.1, -0.05) is 13.0 Å². The maximum absolute atomic E-state index is 10.3. The third-order valence-electron chi connectivity index (χ3n) is 4.40. The zero-order valence-electron chi connectivity index (χ0n) is 12.6. The average molecular weight is 292 g/mol. The maximum Gasteiger partial charge on any atom is 0.161 e. The van der Waals surface area contributed by atoms with Crippen LogP contribution in [0.3, 0.4) is 0 Å². The maximum atomic E-state index is 10.3. The van der Waals surface area contributed by atoms with E-state index in [0.717, 1.165) is 30.1 Å². The van der Waals surface area contributed by atoms with Crippen LogP contribution in [0.2, 0.25) is 0 Å². The van der Waals surface area contributed by atoms with E-state index in [-0.39, 0.29) is 0 Å². The van der Waals surface area contributed by atoms with Gasteiger partial charge in [0.1, 0.15) is 19.3 Å². The van der Waals surface area contributed by atoms with E-state index in [9.17, 15) is 5.11 Å². The van der Waals surface area contributed by atoms with Crippen LogP contribution < -0.4 is 9.47 Å². The van der Waals surface area contributed by atoms with Crippen LogP contribution in [0.4, 0.5) is 0 Å². The van der Waals surface area contributed by atoms with Gasteiger partial charge in [0.25, 0.3) is 0 Å². The van der Waals surface area contributed by atoms with Crippen molar-refractivity contribution >= 4 is 0 Å². The molecule has 116 valence electrons. The van der Waals surface area contributed by atoms with Gasteiger partial charge in [-0.05, 0) is 49.3 Å². The molecule has 0 aromatic heterocycles. The summed E-state index contributed by atoms with van der Waals surface area (Å²) in [5.41, 5.74) is 0.823. The summed E-state index contributed by atoms with van der Waals surface area (Å²) >= 11 is 0. The Kier molecular flexibility index (Phi) is 4.66. The highest BCUT2D eigenvalue weighted by atomic mass is 16.6. The van der Waals surface area contributed by atoms with E-state index in [1.807, 2.05) is 18.2 Å². The topological polar surface area (TPSA) is 47.9 Å². The molecule has 1 unspecified atom stereocenters. The van der Waals surface area contributed by atoms with Gasteiger partial charge >= 0.3 is 0 Å². The van der Waals surface area contributed by atoms with Gasteiger partial charge in [-0.2, -0.15) is 0 Å². The minimum atomic E-state index is -0.611. The van der Waals surface area contributed by atoms with Gasteiger partial charge in [0.15, 0.2) is 11.5 Å². The zero-order valence-corrected chi connectivity index (χ0v) is 12.6.